The van der Waals surface area contributed by atoms with E-state index in [-0.39, 0.29) is 5.91 Å². The molecule has 5 heteroatoms. The van der Waals surface area contributed by atoms with Gasteiger partial charge < -0.3 is 15.4 Å². The second kappa shape index (κ2) is 6.51. The smallest absolute Gasteiger partial charge is 0.253 e. The molecule has 1 amide bonds. The molecule has 0 unspecified atom stereocenters. The third kappa shape index (κ3) is 3.94. The van der Waals surface area contributed by atoms with Crippen LogP contribution in [0.2, 0.25) is 0 Å². The summed E-state index contributed by atoms with van der Waals surface area (Å²) in [6, 6.07) is 5.35. The Morgan fingerprint density at radius 3 is 2.76 bits per heavy atom. The zero-order valence-electron chi connectivity index (χ0n) is 10.4. The molecule has 0 atom stereocenters. The van der Waals surface area contributed by atoms with E-state index in [4.69, 9.17) is 10.5 Å². The highest BCUT2D eigenvalue weighted by Crippen LogP contribution is 2.26. The molecule has 0 aromatic heterocycles. The van der Waals surface area contributed by atoms with Crippen LogP contribution in [0.25, 0.3) is 0 Å². The maximum Gasteiger partial charge on any atom is 0.253 e. The highest BCUT2D eigenvalue weighted by molar-refractivity contribution is 7.99. The van der Waals surface area contributed by atoms with E-state index in [9.17, 15) is 4.79 Å². The summed E-state index contributed by atoms with van der Waals surface area (Å²) >= 11 is 1.59. The van der Waals surface area contributed by atoms with Crippen LogP contribution in [-0.2, 0) is 4.74 Å². The lowest BCUT2D eigenvalue weighted by Crippen LogP contribution is -2.21. The maximum absolute atomic E-state index is 11.8. The first-order valence-corrected chi connectivity index (χ1v) is 6.27. The summed E-state index contributed by atoms with van der Waals surface area (Å²) in [6.45, 7) is 0.663. The van der Waals surface area contributed by atoms with Crippen molar-refractivity contribution in [1.29, 1.82) is 0 Å². The number of thioether (sulfide) groups is 1. The number of benzene rings is 1. The van der Waals surface area contributed by atoms with Crippen LogP contribution in [0, 0.1) is 0 Å². The van der Waals surface area contributed by atoms with Crippen LogP contribution in [-0.4, -0.2) is 44.4 Å². The summed E-state index contributed by atoms with van der Waals surface area (Å²) in [4.78, 5) is 14.3. The number of nitrogens with two attached hydrogens (primary N) is 1. The molecule has 0 aliphatic rings. The van der Waals surface area contributed by atoms with Crippen LogP contribution in [0.15, 0.2) is 23.1 Å². The predicted octanol–water partition coefficient (Wildman–Crippen LogP) is 1.71. The van der Waals surface area contributed by atoms with Gasteiger partial charge in [0.1, 0.15) is 0 Å². The molecule has 1 rings (SSSR count). The Bertz CT molecular complexity index is 394. The normalized spacial score (nSPS) is 10.3. The molecule has 17 heavy (non-hydrogen) atoms. The summed E-state index contributed by atoms with van der Waals surface area (Å²) in [7, 11) is 5.13. The molecular weight excluding hydrogens is 236 g/mol. The number of rotatable bonds is 5. The van der Waals surface area contributed by atoms with Crippen molar-refractivity contribution in [2.24, 2.45) is 0 Å². The highest BCUT2D eigenvalue weighted by atomic mass is 32.2. The summed E-state index contributed by atoms with van der Waals surface area (Å²) in [5.74, 6) is 0.805. The lowest BCUT2D eigenvalue weighted by molar-refractivity contribution is 0.0827. The lowest BCUT2D eigenvalue weighted by atomic mass is 10.2. The van der Waals surface area contributed by atoms with Crippen LogP contribution in [0.3, 0.4) is 0 Å². The number of amides is 1. The van der Waals surface area contributed by atoms with E-state index in [1.807, 2.05) is 6.07 Å². The zero-order valence-corrected chi connectivity index (χ0v) is 11.2. The van der Waals surface area contributed by atoms with Gasteiger partial charge in [-0.1, -0.05) is 0 Å². The third-order valence-corrected chi connectivity index (χ3v) is 3.25. The number of anilines is 1. The second-order valence-corrected chi connectivity index (χ2v) is 4.93. The number of hydrogen-bond donors (Lipinski definition) is 1. The molecule has 94 valence electrons. The molecule has 0 aliphatic heterocycles. The molecule has 0 saturated heterocycles. The van der Waals surface area contributed by atoms with Crippen molar-refractivity contribution in [1.82, 2.24) is 4.90 Å². The van der Waals surface area contributed by atoms with Gasteiger partial charge in [0.15, 0.2) is 0 Å². The largest absolute Gasteiger partial charge is 0.398 e. The second-order valence-electron chi connectivity index (χ2n) is 3.79. The standard InChI is InChI=1S/C12H18N2O2S/c1-14(2)12(15)9-4-5-10(13)11(8-9)17-7-6-16-3/h4-5,8H,6-7,13H2,1-3H3. The van der Waals surface area contributed by atoms with Gasteiger partial charge in [0.2, 0.25) is 0 Å². The van der Waals surface area contributed by atoms with Crippen LogP contribution in [0.4, 0.5) is 5.69 Å². The maximum atomic E-state index is 11.8. The van der Waals surface area contributed by atoms with Gasteiger partial charge >= 0.3 is 0 Å². The fraction of sp³-hybridized carbons (Fsp3) is 0.417. The molecule has 0 bridgehead atoms. The van der Waals surface area contributed by atoms with E-state index in [0.717, 1.165) is 10.6 Å². The van der Waals surface area contributed by atoms with Crippen LogP contribution < -0.4 is 5.73 Å². The lowest BCUT2D eigenvalue weighted by Gasteiger charge is -2.12. The SMILES string of the molecule is COCCSc1cc(C(=O)N(C)C)ccc1N. The number of carbonyl (C=O) groups is 1. The van der Waals surface area contributed by atoms with Gasteiger partial charge in [-0.25, -0.2) is 0 Å². The van der Waals surface area contributed by atoms with Gasteiger partial charge in [-0.2, -0.15) is 0 Å². The van der Waals surface area contributed by atoms with Gasteiger partial charge in [-0.05, 0) is 18.2 Å². The van der Waals surface area contributed by atoms with Gasteiger partial charge in [0.05, 0.1) is 6.61 Å². The van der Waals surface area contributed by atoms with E-state index in [1.54, 1.807) is 50.0 Å². The van der Waals surface area contributed by atoms with E-state index in [2.05, 4.69) is 0 Å². The fourth-order valence-corrected chi connectivity index (χ4v) is 2.20. The van der Waals surface area contributed by atoms with Crippen molar-refractivity contribution >= 4 is 23.4 Å². The number of nitrogens with zero attached hydrogens (tertiary/aromatic N) is 1. The number of carbonyl (C=O) groups excluding carboxylic acids is 1. The molecule has 2 N–H and O–H groups in total. The van der Waals surface area contributed by atoms with Crippen molar-refractivity contribution < 1.29 is 9.53 Å². The van der Waals surface area contributed by atoms with Gasteiger partial charge in [-0.3, -0.25) is 4.79 Å². The van der Waals surface area contributed by atoms with Crippen molar-refractivity contribution in [2.45, 2.75) is 4.90 Å². The van der Waals surface area contributed by atoms with Gasteiger partial charge in [0, 0.05) is 43.1 Å². The molecule has 0 spiro atoms. The Kier molecular flexibility index (Phi) is 5.31. The molecule has 0 fully saturated rings. The van der Waals surface area contributed by atoms with E-state index in [0.29, 0.717) is 17.9 Å². The number of hydrogen-bond acceptors (Lipinski definition) is 4. The van der Waals surface area contributed by atoms with E-state index in [1.165, 1.54) is 0 Å². The Morgan fingerprint density at radius 2 is 2.18 bits per heavy atom. The first-order valence-electron chi connectivity index (χ1n) is 5.29. The fourth-order valence-electron chi connectivity index (χ4n) is 1.29. The minimum absolute atomic E-state index is 0.0152. The molecule has 4 nitrogen and oxygen atoms in total. The van der Waals surface area contributed by atoms with Crippen molar-refractivity contribution in [2.75, 3.05) is 39.3 Å². The third-order valence-electron chi connectivity index (χ3n) is 2.21. The first kappa shape index (κ1) is 13.9. The van der Waals surface area contributed by atoms with Crippen molar-refractivity contribution in [3.8, 4) is 0 Å². The Morgan fingerprint density at radius 1 is 1.47 bits per heavy atom. The zero-order chi connectivity index (χ0) is 12.8. The highest BCUT2D eigenvalue weighted by Gasteiger charge is 2.10. The van der Waals surface area contributed by atoms with Gasteiger partial charge in [-0.15, -0.1) is 11.8 Å². The number of ether oxygens (including phenoxy) is 1. The van der Waals surface area contributed by atoms with Gasteiger partial charge in [0.25, 0.3) is 5.91 Å². The molecular formula is C12H18N2O2S. The molecule has 0 saturated carbocycles. The first-order chi connectivity index (χ1) is 8.06. The predicted molar refractivity (Wildman–Crippen MR) is 71.5 cm³/mol. The number of nitrogen functional groups attached to an aromatic ring is 1. The molecule has 1 aromatic rings. The van der Waals surface area contributed by atoms with Crippen LogP contribution >= 0.6 is 11.8 Å². The van der Waals surface area contributed by atoms with E-state index >= 15 is 0 Å². The molecule has 0 heterocycles. The molecule has 0 radical (unpaired) electrons. The summed E-state index contributed by atoms with van der Waals surface area (Å²) in [5.41, 5.74) is 7.21. The number of methoxy groups -OCH3 is 1. The minimum atomic E-state index is -0.0152. The molecule has 1 aromatic carbocycles. The van der Waals surface area contributed by atoms with Crippen molar-refractivity contribution in [3.63, 3.8) is 0 Å². The Hall–Kier alpha value is -1.20. The topological polar surface area (TPSA) is 55.6 Å². The average Bonchev–Trinajstić information content (AvgIpc) is 2.30. The van der Waals surface area contributed by atoms with Crippen molar-refractivity contribution in [3.05, 3.63) is 23.8 Å². The monoisotopic (exact) mass is 254 g/mol. The Labute approximate surface area is 106 Å². The Balaban J connectivity index is 2.83. The quantitative estimate of drug-likeness (QED) is 0.494. The summed E-state index contributed by atoms with van der Waals surface area (Å²) < 4.78 is 4.98. The van der Waals surface area contributed by atoms with Crippen LogP contribution in [0.5, 0.6) is 0 Å². The van der Waals surface area contributed by atoms with E-state index < -0.39 is 0 Å². The van der Waals surface area contributed by atoms with Crippen LogP contribution in [0.1, 0.15) is 10.4 Å². The summed E-state index contributed by atoms with van der Waals surface area (Å²) in [6.07, 6.45) is 0. The minimum Gasteiger partial charge on any atom is -0.398 e. The molecule has 0 aliphatic carbocycles. The summed E-state index contributed by atoms with van der Waals surface area (Å²) in [5, 5.41) is 0. The average molecular weight is 254 g/mol.